The molecule has 0 heterocycles. The molecule has 0 saturated carbocycles. The third-order valence-electron chi connectivity index (χ3n) is 1.33. The number of hydrogen-bond donors (Lipinski definition) is 0. The van der Waals surface area contributed by atoms with Crippen molar-refractivity contribution in [3.05, 3.63) is 29.8 Å². The maximum atomic E-state index is 10.7. The molecule has 0 radical (unpaired) electrons. The molecule has 0 aliphatic rings. The van der Waals surface area contributed by atoms with Gasteiger partial charge in [-0.15, -0.1) is 0 Å². The van der Waals surface area contributed by atoms with Crippen molar-refractivity contribution in [1.29, 1.82) is 0 Å². The Morgan fingerprint density at radius 1 is 1.36 bits per heavy atom. The fourth-order valence-electron chi connectivity index (χ4n) is 0.727. The Balaban J connectivity index is 2.91. The summed E-state index contributed by atoms with van der Waals surface area (Å²) in [4.78, 5) is 10.7. The molecule has 0 aromatic heterocycles. The van der Waals surface area contributed by atoms with Crippen LogP contribution in [0.1, 0.15) is 10.4 Å². The summed E-state index contributed by atoms with van der Waals surface area (Å²) in [6.45, 7) is 0. The monoisotopic (exact) mass is 215 g/mol. The zero-order chi connectivity index (χ0) is 8.27. The summed E-state index contributed by atoms with van der Waals surface area (Å²) in [5.74, 6) is 0.759. The summed E-state index contributed by atoms with van der Waals surface area (Å²) >= 11 is 2.41. The van der Waals surface area contributed by atoms with Crippen LogP contribution in [0.15, 0.2) is 24.3 Å². The van der Waals surface area contributed by atoms with E-state index in [1.165, 1.54) is 0 Å². The maximum absolute atomic E-state index is 10.7. The zero-order valence-corrected chi connectivity index (χ0v) is 7.75. The molecule has 0 N–H and O–H groups in total. The van der Waals surface area contributed by atoms with Gasteiger partial charge in [-0.2, -0.15) is 0 Å². The first-order valence-corrected chi connectivity index (χ1v) is 3.95. The second kappa shape index (κ2) is 3.56. The summed E-state index contributed by atoms with van der Waals surface area (Å²) in [5, 5.41) is 0. The molecule has 3 heteroatoms. The molecule has 0 spiro atoms. The number of ether oxygens (including phenoxy) is 1. The van der Waals surface area contributed by atoms with Crippen molar-refractivity contribution in [3.63, 3.8) is 0 Å². The Bertz CT molecular complexity index is 253. The van der Waals surface area contributed by atoms with E-state index in [2.05, 4.69) is 16.0 Å². The molecular weight excluding hydrogens is 207 g/mol. The van der Waals surface area contributed by atoms with Crippen LogP contribution in [0.25, 0.3) is 0 Å². The molecule has 0 unspecified atom stereocenters. The summed E-state index contributed by atoms with van der Waals surface area (Å²) in [7, 11) is 1.59. The third kappa shape index (κ3) is 2.07. The average Bonchev–Trinajstić information content (AvgIpc) is 2.05. The van der Waals surface area contributed by atoms with Gasteiger partial charge in [0.05, 0.1) is 0 Å². The van der Waals surface area contributed by atoms with E-state index in [0.717, 1.165) is 5.75 Å². The van der Waals surface area contributed by atoms with E-state index in [-0.39, 0.29) is 4.68 Å². The molecule has 58 valence electrons. The molecule has 0 fully saturated rings. The van der Waals surface area contributed by atoms with Gasteiger partial charge >= 0.3 is 72.9 Å². The Morgan fingerprint density at radius 3 is 2.27 bits per heavy atom. The second-order valence-corrected chi connectivity index (χ2v) is 2.79. The number of benzene rings is 1. The van der Waals surface area contributed by atoms with Crippen LogP contribution in [0, 0.1) is 0 Å². The molecule has 0 saturated heterocycles. The van der Waals surface area contributed by atoms with E-state index >= 15 is 0 Å². The minimum atomic E-state index is -0.0485. The van der Waals surface area contributed by atoms with Gasteiger partial charge in [0.2, 0.25) is 0 Å². The van der Waals surface area contributed by atoms with E-state index in [9.17, 15) is 4.79 Å². The van der Waals surface area contributed by atoms with Gasteiger partial charge in [-0.25, -0.2) is 0 Å². The topological polar surface area (TPSA) is 26.3 Å². The molecule has 0 bridgehead atoms. The van der Waals surface area contributed by atoms with Crippen LogP contribution in [0.5, 0.6) is 5.75 Å². The molecule has 1 aromatic rings. The summed E-state index contributed by atoms with van der Waals surface area (Å²) in [5.41, 5.74) is 0.658. The Morgan fingerprint density at radius 2 is 1.91 bits per heavy atom. The number of methoxy groups -OCH3 is 1. The van der Waals surface area contributed by atoms with Crippen LogP contribution >= 0.6 is 0 Å². The minimum absolute atomic E-state index is 0.0485. The van der Waals surface area contributed by atoms with Crippen molar-refractivity contribution in [2.45, 2.75) is 0 Å². The van der Waals surface area contributed by atoms with Crippen molar-refractivity contribution >= 4 is 20.7 Å². The van der Waals surface area contributed by atoms with Crippen LogP contribution in [0.3, 0.4) is 0 Å². The standard InChI is InChI=1S/C8H8O2Se/c1-10-7-4-2-6(3-5-7)8(9)11/h2-5H,1H3,(H,9,11)/p-1. The molecule has 0 atom stereocenters. The number of carbonyl (C=O) groups excluding carboxylic acids is 1. The van der Waals surface area contributed by atoms with Crippen molar-refractivity contribution in [1.82, 2.24) is 0 Å². The van der Waals surface area contributed by atoms with E-state index in [1.54, 1.807) is 31.4 Å². The fourth-order valence-corrected chi connectivity index (χ4v) is 1.01. The van der Waals surface area contributed by atoms with Gasteiger partial charge in [-0.3, -0.25) is 0 Å². The van der Waals surface area contributed by atoms with Crippen LogP contribution in [0.4, 0.5) is 0 Å². The number of carbonyl (C=O) groups is 1. The molecule has 1 aromatic carbocycles. The van der Waals surface area contributed by atoms with Gasteiger partial charge in [-0.1, -0.05) is 0 Å². The van der Waals surface area contributed by atoms with Gasteiger partial charge in [0.15, 0.2) is 0 Å². The Kier molecular flexibility index (Phi) is 2.69. The second-order valence-electron chi connectivity index (χ2n) is 2.02. The first-order valence-electron chi connectivity index (χ1n) is 3.09. The van der Waals surface area contributed by atoms with Gasteiger partial charge < -0.3 is 0 Å². The van der Waals surface area contributed by atoms with Gasteiger partial charge in [-0.05, 0) is 0 Å². The third-order valence-corrected chi connectivity index (χ3v) is 1.82. The molecule has 11 heavy (non-hydrogen) atoms. The Hall–Kier alpha value is -0.791. The molecule has 0 aliphatic carbocycles. The number of hydrogen-bond acceptors (Lipinski definition) is 2. The molecule has 2 nitrogen and oxygen atoms in total. The predicted octanol–water partition coefficient (Wildman–Crippen LogP) is 1.00. The van der Waals surface area contributed by atoms with Gasteiger partial charge in [0, 0.05) is 0 Å². The first-order chi connectivity index (χ1) is 5.24. The normalized spacial score (nSPS) is 9.18. The van der Waals surface area contributed by atoms with E-state index in [1.807, 2.05) is 0 Å². The first kappa shape index (κ1) is 8.31. The van der Waals surface area contributed by atoms with E-state index < -0.39 is 0 Å². The van der Waals surface area contributed by atoms with Crippen molar-refractivity contribution < 1.29 is 9.53 Å². The quantitative estimate of drug-likeness (QED) is 0.686. The average molecular weight is 214 g/mol. The van der Waals surface area contributed by atoms with Crippen LogP contribution in [-0.2, 0) is 0 Å². The molecule has 0 aliphatic heterocycles. The van der Waals surface area contributed by atoms with Crippen molar-refractivity contribution in [2.75, 3.05) is 7.11 Å². The summed E-state index contributed by atoms with van der Waals surface area (Å²) in [6.07, 6.45) is 0. The van der Waals surface area contributed by atoms with E-state index in [0.29, 0.717) is 5.56 Å². The Labute approximate surface area is 73.4 Å². The fraction of sp³-hybridized carbons (Fsp3) is 0.125. The molecule has 1 rings (SSSR count). The van der Waals surface area contributed by atoms with Crippen molar-refractivity contribution in [2.24, 2.45) is 0 Å². The van der Waals surface area contributed by atoms with E-state index in [4.69, 9.17) is 4.74 Å². The number of rotatable bonds is 2. The SMILES string of the molecule is COc1ccc(C(=O)[Se-])cc1. The van der Waals surface area contributed by atoms with Crippen LogP contribution < -0.4 is 4.74 Å². The van der Waals surface area contributed by atoms with Gasteiger partial charge in [0.1, 0.15) is 0 Å². The van der Waals surface area contributed by atoms with Gasteiger partial charge in [0.25, 0.3) is 0 Å². The summed E-state index contributed by atoms with van der Waals surface area (Å²) < 4.78 is 4.88. The summed E-state index contributed by atoms with van der Waals surface area (Å²) in [6, 6.07) is 6.95. The molecule has 0 amide bonds. The molecular formula is C8H7O2Se-. The van der Waals surface area contributed by atoms with Crippen LogP contribution in [0.2, 0.25) is 0 Å². The van der Waals surface area contributed by atoms with Crippen molar-refractivity contribution in [3.8, 4) is 5.75 Å². The van der Waals surface area contributed by atoms with Crippen LogP contribution in [-0.4, -0.2) is 27.8 Å². The zero-order valence-electron chi connectivity index (χ0n) is 6.03. The predicted molar refractivity (Wildman–Crippen MR) is 43.1 cm³/mol.